The lowest BCUT2D eigenvalue weighted by Crippen LogP contribution is -3.08. The number of benzene rings is 1. The average Bonchev–Trinajstić information content (AvgIpc) is 2.18. The number of Topliss-reactive ketones (excluding diaryl/α,β-unsaturated/α-hetero) is 1. The van der Waals surface area contributed by atoms with Gasteiger partial charge < -0.3 is 9.94 Å². The van der Waals surface area contributed by atoms with Crippen LogP contribution in [0.15, 0.2) is 18.2 Å². The van der Waals surface area contributed by atoms with Gasteiger partial charge in [0.05, 0.1) is 12.2 Å². The molecule has 14 heavy (non-hydrogen) atoms. The van der Waals surface area contributed by atoms with E-state index in [1.54, 1.807) is 12.1 Å². The minimum absolute atomic E-state index is 0.00523. The Hall–Kier alpha value is -1.43. The van der Waals surface area contributed by atoms with Gasteiger partial charge in [-0.2, -0.15) is 5.84 Å². The summed E-state index contributed by atoms with van der Waals surface area (Å²) in [6, 6.07) is 4.64. The third-order valence-electron chi connectivity index (χ3n) is 2.15. The van der Waals surface area contributed by atoms with Gasteiger partial charge in [-0.3, -0.25) is 9.97 Å². The second kappa shape index (κ2) is 3.38. The molecule has 0 amide bonds. The van der Waals surface area contributed by atoms with Crippen molar-refractivity contribution in [1.82, 2.24) is 0 Å². The van der Waals surface area contributed by atoms with E-state index in [9.17, 15) is 10.0 Å². The highest BCUT2D eigenvalue weighted by Crippen LogP contribution is 2.25. The van der Waals surface area contributed by atoms with Gasteiger partial charge in [-0.05, 0) is 6.07 Å². The zero-order valence-corrected chi connectivity index (χ0v) is 7.45. The van der Waals surface area contributed by atoms with E-state index in [1.807, 2.05) is 0 Å². The molecule has 0 fully saturated rings. The van der Waals surface area contributed by atoms with Crippen LogP contribution in [0, 0.1) is 5.21 Å². The number of ether oxygens (including phenoxy) is 1. The molecule has 0 aliphatic carbocycles. The van der Waals surface area contributed by atoms with Crippen LogP contribution in [0.5, 0.6) is 5.75 Å². The molecule has 1 aliphatic heterocycles. The first kappa shape index (κ1) is 9.14. The summed E-state index contributed by atoms with van der Waals surface area (Å²) >= 11 is 0. The molecule has 0 saturated carbocycles. The Morgan fingerprint density at radius 1 is 1.50 bits per heavy atom. The molecule has 1 aliphatic rings. The van der Waals surface area contributed by atoms with Gasteiger partial charge in [-0.1, -0.05) is 0 Å². The fraction of sp³-hybridized carbons (Fsp3) is 0.222. The number of carbonyl (C=O) groups is 1. The number of hydrogen-bond donors (Lipinski definition) is 2. The highest BCUT2D eigenvalue weighted by Gasteiger charge is 2.19. The molecular weight excluding hydrogens is 184 g/mol. The fourth-order valence-electron chi connectivity index (χ4n) is 1.42. The molecule has 3 N–H and O–H groups in total. The smallest absolute Gasteiger partial charge is 0.170 e. The molecule has 0 spiro atoms. The molecule has 1 aromatic rings. The molecule has 0 saturated heterocycles. The van der Waals surface area contributed by atoms with Crippen molar-refractivity contribution in [2.24, 2.45) is 5.84 Å². The van der Waals surface area contributed by atoms with Crippen molar-refractivity contribution in [3.63, 3.8) is 0 Å². The fourth-order valence-corrected chi connectivity index (χ4v) is 1.42. The van der Waals surface area contributed by atoms with Crippen LogP contribution in [0.4, 0.5) is 5.69 Å². The Morgan fingerprint density at radius 3 is 3.00 bits per heavy atom. The molecule has 5 nitrogen and oxygen atoms in total. The van der Waals surface area contributed by atoms with Gasteiger partial charge >= 0.3 is 0 Å². The van der Waals surface area contributed by atoms with Gasteiger partial charge in [0, 0.05) is 18.6 Å². The predicted molar refractivity (Wildman–Crippen MR) is 49.1 cm³/mol. The van der Waals surface area contributed by atoms with Gasteiger partial charge in [0.25, 0.3) is 0 Å². The number of hydrogen-bond acceptors (Lipinski definition) is 4. The van der Waals surface area contributed by atoms with E-state index in [0.717, 1.165) is 0 Å². The largest absolute Gasteiger partial charge is 0.608 e. The van der Waals surface area contributed by atoms with Crippen LogP contribution in [-0.4, -0.2) is 12.4 Å². The van der Waals surface area contributed by atoms with Gasteiger partial charge in [-0.15, -0.1) is 0 Å². The van der Waals surface area contributed by atoms with E-state index in [1.165, 1.54) is 6.07 Å². The zero-order valence-electron chi connectivity index (χ0n) is 7.45. The third kappa shape index (κ3) is 1.48. The molecule has 0 aromatic heterocycles. The van der Waals surface area contributed by atoms with Gasteiger partial charge in [0.15, 0.2) is 11.5 Å². The first-order valence-electron chi connectivity index (χ1n) is 4.28. The highest BCUT2D eigenvalue weighted by molar-refractivity contribution is 6.00. The van der Waals surface area contributed by atoms with Crippen LogP contribution in [0.25, 0.3) is 0 Å². The first-order valence-corrected chi connectivity index (χ1v) is 4.28. The number of nitrogens with one attached hydrogen (secondary N) is 1. The van der Waals surface area contributed by atoms with Crippen LogP contribution in [0.1, 0.15) is 16.8 Å². The SMILES string of the molecule is N[NH+]([O-])c1ccc2c(c1)C(=O)CCO2. The average molecular weight is 194 g/mol. The number of ketones is 1. The van der Waals surface area contributed by atoms with Crippen molar-refractivity contribution in [2.45, 2.75) is 6.42 Å². The van der Waals surface area contributed by atoms with E-state index in [-0.39, 0.29) is 5.78 Å². The summed E-state index contributed by atoms with van der Waals surface area (Å²) in [6.07, 6.45) is 0.356. The van der Waals surface area contributed by atoms with Crippen LogP contribution in [-0.2, 0) is 0 Å². The monoisotopic (exact) mass is 194 g/mol. The van der Waals surface area contributed by atoms with Crippen molar-refractivity contribution in [1.29, 1.82) is 0 Å². The topological polar surface area (TPSA) is 79.8 Å². The maximum atomic E-state index is 11.4. The van der Waals surface area contributed by atoms with Crippen molar-refractivity contribution in [3.8, 4) is 5.75 Å². The number of quaternary nitrogens is 1. The lowest BCUT2D eigenvalue weighted by atomic mass is 10.0. The van der Waals surface area contributed by atoms with Crippen LogP contribution in [0.2, 0.25) is 0 Å². The quantitative estimate of drug-likeness (QED) is 0.468. The maximum Gasteiger partial charge on any atom is 0.170 e. The molecule has 0 bridgehead atoms. The van der Waals surface area contributed by atoms with Gasteiger partial charge in [-0.25, -0.2) is 0 Å². The Balaban J connectivity index is 2.46. The Kier molecular flexibility index (Phi) is 2.20. The minimum Gasteiger partial charge on any atom is -0.608 e. The van der Waals surface area contributed by atoms with Crippen LogP contribution >= 0.6 is 0 Å². The predicted octanol–water partition coefficient (Wildman–Crippen LogP) is -0.460. The second-order valence-electron chi connectivity index (χ2n) is 3.10. The normalized spacial score (nSPS) is 17.1. The number of carbonyl (C=O) groups excluding carboxylic acids is 1. The standard InChI is InChI=1S/C9H10N2O3/c10-11(13)6-1-2-9-7(5-6)8(12)3-4-14-9/h1-2,5,11H,3-4,10H2. The van der Waals surface area contributed by atoms with E-state index in [0.29, 0.717) is 30.0 Å². The second-order valence-corrected chi connectivity index (χ2v) is 3.10. The third-order valence-corrected chi connectivity index (χ3v) is 2.15. The number of nitrogens with two attached hydrogens (primary N) is 1. The van der Waals surface area contributed by atoms with Gasteiger partial charge in [0.1, 0.15) is 5.75 Å². The van der Waals surface area contributed by atoms with E-state index in [2.05, 4.69) is 0 Å². The minimum atomic E-state index is -0.536. The van der Waals surface area contributed by atoms with E-state index < -0.39 is 5.17 Å². The van der Waals surface area contributed by atoms with E-state index in [4.69, 9.17) is 10.6 Å². The molecule has 1 aromatic carbocycles. The highest BCUT2D eigenvalue weighted by atomic mass is 16.5. The molecule has 1 heterocycles. The summed E-state index contributed by atoms with van der Waals surface area (Å²) in [7, 11) is 0. The molecule has 1 unspecified atom stereocenters. The maximum absolute atomic E-state index is 11.4. The summed E-state index contributed by atoms with van der Waals surface area (Å²) in [6.45, 7) is 0.405. The van der Waals surface area contributed by atoms with E-state index >= 15 is 0 Å². The van der Waals surface area contributed by atoms with Crippen molar-refractivity contribution in [3.05, 3.63) is 29.0 Å². The van der Waals surface area contributed by atoms with Crippen molar-refractivity contribution >= 4 is 11.5 Å². The zero-order chi connectivity index (χ0) is 10.1. The Morgan fingerprint density at radius 2 is 2.29 bits per heavy atom. The van der Waals surface area contributed by atoms with Gasteiger partial charge in [0.2, 0.25) is 0 Å². The van der Waals surface area contributed by atoms with Crippen molar-refractivity contribution < 1.29 is 14.7 Å². The summed E-state index contributed by atoms with van der Waals surface area (Å²) in [5.74, 6) is 5.63. The first-order chi connectivity index (χ1) is 6.68. The Bertz CT molecular complexity index is 376. The lowest BCUT2D eigenvalue weighted by molar-refractivity contribution is -0.789. The molecule has 1 atom stereocenters. The molecule has 2 rings (SSSR count). The molecule has 0 radical (unpaired) electrons. The number of rotatable bonds is 1. The molecule has 5 heteroatoms. The van der Waals surface area contributed by atoms with Crippen molar-refractivity contribution in [2.75, 3.05) is 6.61 Å². The molecule has 74 valence electrons. The van der Waals surface area contributed by atoms with Crippen LogP contribution in [0.3, 0.4) is 0 Å². The summed E-state index contributed by atoms with van der Waals surface area (Å²) < 4.78 is 5.26. The number of nitrogen functional groups attached to an aromatic ring is 1. The summed E-state index contributed by atoms with van der Waals surface area (Å²) in [5, 5.41) is 10.3. The number of fused-ring (bicyclic) bond motifs is 1. The summed E-state index contributed by atoms with van der Waals surface area (Å²) in [5.41, 5.74) is 0.787. The van der Waals surface area contributed by atoms with Crippen LogP contribution < -0.4 is 15.8 Å². The Labute approximate surface area is 80.6 Å². The lowest BCUT2D eigenvalue weighted by Gasteiger charge is -2.19. The molecular formula is C9H10N2O3. The summed E-state index contributed by atoms with van der Waals surface area (Å²) in [4.78, 5) is 11.4.